The highest BCUT2D eigenvalue weighted by Crippen LogP contribution is 2.25. The minimum Gasteiger partial charge on any atom is -0.380 e. The molecular formula is C20H21N3O2S. The number of ether oxygens (including phenoxy) is 1. The number of hydrogen-bond acceptors (Lipinski definition) is 5. The van der Waals surface area contributed by atoms with Gasteiger partial charge in [-0.15, -0.1) is 11.3 Å². The van der Waals surface area contributed by atoms with Gasteiger partial charge in [0.2, 0.25) is 0 Å². The summed E-state index contributed by atoms with van der Waals surface area (Å²) in [5.41, 5.74) is 2.79. The monoisotopic (exact) mass is 367 g/mol. The molecule has 0 saturated carbocycles. The van der Waals surface area contributed by atoms with Crippen molar-refractivity contribution in [2.45, 2.75) is 18.9 Å². The van der Waals surface area contributed by atoms with E-state index in [2.05, 4.69) is 15.2 Å². The van der Waals surface area contributed by atoms with E-state index in [0.29, 0.717) is 11.1 Å². The molecule has 2 heterocycles. The summed E-state index contributed by atoms with van der Waals surface area (Å²) in [6.07, 6.45) is 2.54. The first-order chi connectivity index (χ1) is 12.7. The van der Waals surface area contributed by atoms with Crippen LogP contribution >= 0.6 is 11.3 Å². The third-order valence-electron chi connectivity index (χ3n) is 4.69. The maximum absolute atomic E-state index is 12.5. The number of rotatable bonds is 4. The standard InChI is InChI=1S/C20H21N3O2S/c1-25-16-5-4-12-23(13-16)15-10-8-14(9-11-15)21-19(24)20-22-17-6-2-3-7-18(17)26-20/h2-3,6-11,16H,4-5,12-13H2,1H3,(H,21,24). The molecule has 1 aliphatic rings. The summed E-state index contributed by atoms with van der Waals surface area (Å²) >= 11 is 1.41. The number of para-hydroxylation sites is 1. The molecule has 0 spiro atoms. The van der Waals surface area contributed by atoms with Crippen LogP contribution < -0.4 is 10.2 Å². The van der Waals surface area contributed by atoms with Crippen LogP contribution in [-0.4, -0.2) is 37.2 Å². The first kappa shape index (κ1) is 17.0. The molecule has 1 aromatic heterocycles. The van der Waals surface area contributed by atoms with Crippen molar-refractivity contribution in [1.82, 2.24) is 4.98 Å². The summed E-state index contributed by atoms with van der Waals surface area (Å²) in [5.74, 6) is -0.170. The van der Waals surface area contributed by atoms with Crippen molar-refractivity contribution >= 4 is 38.8 Å². The molecule has 4 rings (SSSR count). The Morgan fingerprint density at radius 2 is 2.04 bits per heavy atom. The molecule has 1 amide bonds. The topological polar surface area (TPSA) is 54.5 Å². The maximum atomic E-state index is 12.5. The second-order valence-corrected chi connectivity index (χ2v) is 7.46. The Kier molecular flexibility index (Phi) is 4.86. The molecule has 1 saturated heterocycles. The first-order valence-electron chi connectivity index (χ1n) is 8.77. The molecule has 6 heteroatoms. The van der Waals surface area contributed by atoms with Crippen LogP contribution in [-0.2, 0) is 4.74 Å². The van der Waals surface area contributed by atoms with Crippen LogP contribution in [0.5, 0.6) is 0 Å². The van der Waals surface area contributed by atoms with E-state index in [0.717, 1.165) is 47.5 Å². The van der Waals surface area contributed by atoms with E-state index in [1.54, 1.807) is 7.11 Å². The van der Waals surface area contributed by atoms with Crippen LogP contribution in [0, 0.1) is 0 Å². The number of piperidine rings is 1. The summed E-state index contributed by atoms with van der Waals surface area (Å²) in [6.45, 7) is 1.95. The number of hydrogen-bond donors (Lipinski definition) is 1. The second-order valence-electron chi connectivity index (χ2n) is 6.43. The van der Waals surface area contributed by atoms with Gasteiger partial charge < -0.3 is 15.0 Å². The van der Waals surface area contributed by atoms with Gasteiger partial charge in [-0.1, -0.05) is 12.1 Å². The average molecular weight is 367 g/mol. The van der Waals surface area contributed by atoms with Gasteiger partial charge >= 0.3 is 0 Å². The number of amides is 1. The second kappa shape index (κ2) is 7.43. The fourth-order valence-corrected chi connectivity index (χ4v) is 4.14. The zero-order valence-electron chi connectivity index (χ0n) is 14.6. The normalized spacial score (nSPS) is 17.4. The van der Waals surface area contributed by atoms with Crippen LogP contribution in [0.15, 0.2) is 48.5 Å². The number of carbonyl (C=O) groups excluding carboxylic acids is 1. The fourth-order valence-electron chi connectivity index (χ4n) is 3.27. The maximum Gasteiger partial charge on any atom is 0.284 e. The summed E-state index contributed by atoms with van der Waals surface area (Å²) in [7, 11) is 1.77. The highest BCUT2D eigenvalue weighted by atomic mass is 32.1. The highest BCUT2D eigenvalue weighted by molar-refractivity contribution is 7.20. The SMILES string of the molecule is COC1CCCN(c2ccc(NC(=O)c3nc4ccccc4s3)cc2)C1. The van der Waals surface area contributed by atoms with Gasteiger partial charge in [0.1, 0.15) is 0 Å². The Morgan fingerprint density at radius 1 is 1.23 bits per heavy atom. The van der Waals surface area contributed by atoms with Crippen molar-refractivity contribution in [3.8, 4) is 0 Å². The molecule has 134 valence electrons. The number of anilines is 2. The van der Waals surface area contributed by atoms with Crippen LogP contribution in [0.4, 0.5) is 11.4 Å². The Labute approximate surface area is 156 Å². The van der Waals surface area contributed by atoms with Crippen LogP contribution in [0.25, 0.3) is 10.2 Å². The number of benzene rings is 2. The number of carbonyl (C=O) groups is 1. The molecule has 0 aliphatic carbocycles. The zero-order chi connectivity index (χ0) is 17.9. The lowest BCUT2D eigenvalue weighted by molar-refractivity contribution is 0.0893. The molecule has 5 nitrogen and oxygen atoms in total. The van der Waals surface area contributed by atoms with E-state index < -0.39 is 0 Å². The number of nitrogens with one attached hydrogen (secondary N) is 1. The van der Waals surface area contributed by atoms with Crippen molar-refractivity contribution in [2.75, 3.05) is 30.4 Å². The predicted molar refractivity (Wildman–Crippen MR) is 106 cm³/mol. The molecule has 3 aromatic rings. The highest BCUT2D eigenvalue weighted by Gasteiger charge is 2.19. The fraction of sp³-hybridized carbons (Fsp3) is 0.300. The minimum absolute atomic E-state index is 0.170. The lowest BCUT2D eigenvalue weighted by atomic mass is 10.1. The Bertz CT molecular complexity index is 874. The predicted octanol–water partition coefficient (Wildman–Crippen LogP) is 4.16. The van der Waals surface area contributed by atoms with Gasteiger partial charge in [-0.05, 0) is 49.2 Å². The van der Waals surface area contributed by atoms with Gasteiger partial charge in [0, 0.05) is 31.6 Å². The molecule has 1 aliphatic heterocycles. The number of aromatic nitrogens is 1. The van der Waals surface area contributed by atoms with Crippen molar-refractivity contribution in [1.29, 1.82) is 0 Å². The molecular weight excluding hydrogens is 346 g/mol. The Balaban J connectivity index is 1.44. The zero-order valence-corrected chi connectivity index (χ0v) is 15.5. The lowest BCUT2D eigenvalue weighted by Crippen LogP contribution is -2.39. The van der Waals surface area contributed by atoms with Crippen molar-refractivity contribution in [3.63, 3.8) is 0 Å². The van der Waals surface area contributed by atoms with Gasteiger partial charge in [-0.3, -0.25) is 4.79 Å². The quantitative estimate of drug-likeness (QED) is 0.752. The largest absolute Gasteiger partial charge is 0.380 e. The lowest BCUT2D eigenvalue weighted by Gasteiger charge is -2.33. The van der Waals surface area contributed by atoms with Crippen molar-refractivity contribution in [3.05, 3.63) is 53.5 Å². The van der Waals surface area contributed by atoms with E-state index >= 15 is 0 Å². The van der Waals surface area contributed by atoms with E-state index in [9.17, 15) is 4.79 Å². The van der Waals surface area contributed by atoms with Gasteiger partial charge in [-0.25, -0.2) is 4.98 Å². The van der Waals surface area contributed by atoms with Gasteiger partial charge in [-0.2, -0.15) is 0 Å². The Morgan fingerprint density at radius 3 is 2.81 bits per heavy atom. The van der Waals surface area contributed by atoms with Crippen LogP contribution in [0.3, 0.4) is 0 Å². The van der Waals surface area contributed by atoms with E-state index in [1.165, 1.54) is 11.3 Å². The van der Waals surface area contributed by atoms with E-state index in [-0.39, 0.29) is 5.91 Å². The van der Waals surface area contributed by atoms with E-state index in [1.807, 2.05) is 48.5 Å². The molecule has 1 fully saturated rings. The molecule has 1 atom stereocenters. The number of nitrogens with zero attached hydrogens (tertiary/aromatic N) is 2. The summed E-state index contributed by atoms with van der Waals surface area (Å²) in [6, 6.07) is 15.8. The van der Waals surface area contributed by atoms with E-state index in [4.69, 9.17) is 4.74 Å². The third kappa shape index (κ3) is 3.57. The molecule has 1 unspecified atom stereocenters. The number of thiazole rings is 1. The van der Waals surface area contributed by atoms with Crippen LogP contribution in [0.2, 0.25) is 0 Å². The van der Waals surface area contributed by atoms with Crippen LogP contribution in [0.1, 0.15) is 22.6 Å². The first-order valence-corrected chi connectivity index (χ1v) is 9.59. The Hall–Kier alpha value is -2.44. The molecule has 0 bridgehead atoms. The number of fused-ring (bicyclic) bond motifs is 1. The molecule has 0 radical (unpaired) electrons. The molecule has 26 heavy (non-hydrogen) atoms. The molecule has 1 N–H and O–H groups in total. The van der Waals surface area contributed by atoms with Gasteiger partial charge in [0.25, 0.3) is 5.91 Å². The summed E-state index contributed by atoms with van der Waals surface area (Å²) in [5, 5.41) is 3.42. The third-order valence-corrected chi connectivity index (χ3v) is 5.73. The average Bonchev–Trinajstić information content (AvgIpc) is 3.13. The molecule has 2 aromatic carbocycles. The minimum atomic E-state index is -0.170. The summed E-state index contributed by atoms with van der Waals surface area (Å²) < 4.78 is 6.51. The van der Waals surface area contributed by atoms with Crippen molar-refractivity contribution in [2.24, 2.45) is 0 Å². The number of methoxy groups -OCH3 is 1. The summed E-state index contributed by atoms with van der Waals surface area (Å²) in [4.78, 5) is 19.2. The smallest absolute Gasteiger partial charge is 0.284 e. The van der Waals surface area contributed by atoms with Crippen molar-refractivity contribution < 1.29 is 9.53 Å². The van der Waals surface area contributed by atoms with Gasteiger partial charge in [0.05, 0.1) is 16.3 Å². The van der Waals surface area contributed by atoms with Gasteiger partial charge in [0.15, 0.2) is 5.01 Å².